The van der Waals surface area contributed by atoms with Gasteiger partial charge in [0.1, 0.15) is 18.2 Å². The van der Waals surface area contributed by atoms with Gasteiger partial charge in [0.25, 0.3) is 5.91 Å². The number of piperidine rings is 1. The Morgan fingerprint density at radius 1 is 1.24 bits per heavy atom. The number of amides is 2. The number of carbonyl (C=O) groups is 2. The van der Waals surface area contributed by atoms with Crippen LogP contribution >= 0.6 is 11.6 Å². The molecule has 0 radical (unpaired) electrons. The molecule has 3 aromatic rings. The second-order valence-corrected chi connectivity index (χ2v) is 9.00. The van der Waals surface area contributed by atoms with Gasteiger partial charge in [-0.2, -0.15) is 4.98 Å². The lowest BCUT2D eigenvalue weighted by Crippen LogP contribution is -2.37. The van der Waals surface area contributed by atoms with Crippen molar-refractivity contribution in [2.45, 2.75) is 38.3 Å². The molecule has 1 atom stereocenters. The maximum absolute atomic E-state index is 14.4. The predicted octanol–water partition coefficient (Wildman–Crippen LogP) is 3.69. The second kappa shape index (κ2) is 12.0. The first kappa shape index (κ1) is 26.4. The first-order chi connectivity index (χ1) is 17.9. The standard InChI is InChI=1S/C18H15ClFN3O4.C7H11NO2/c19-11-3-1-10(2-4-11)9-21-18(26)12-8-15(25)13(7-14(12)20)17-22-16(5-6-24)27-23-17;9-7-8-4-2-1-3-6(8)5-10-7/h1-4,7-8,24-25H,5-6,9H2,(H,21,26);6H,1-5H2. The van der Waals surface area contributed by atoms with Crippen LogP contribution in [0.15, 0.2) is 40.9 Å². The lowest BCUT2D eigenvalue weighted by molar-refractivity contribution is 0.0946. The number of cyclic esters (lactones) is 1. The molecule has 2 aromatic carbocycles. The van der Waals surface area contributed by atoms with Gasteiger partial charge in [0.15, 0.2) is 0 Å². The summed E-state index contributed by atoms with van der Waals surface area (Å²) >= 11 is 5.80. The van der Waals surface area contributed by atoms with E-state index in [-0.39, 0.29) is 54.3 Å². The van der Waals surface area contributed by atoms with Crippen LogP contribution in [0.3, 0.4) is 0 Å². The average Bonchev–Trinajstić information content (AvgIpc) is 3.52. The number of nitrogens with one attached hydrogen (secondary N) is 1. The smallest absolute Gasteiger partial charge is 0.410 e. The number of phenolic OH excluding ortho intramolecular Hbond substituents is 1. The van der Waals surface area contributed by atoms with E-state index in [4.69, 9.17) is 26.0 Å². The van der Waals surface area contributed by atoms with Gasteiger partial charge in [0, 0.05) is 18.1 Å². The van der Waals surface area contributed by atoms with E-state index in [0.29, 0.717) is 17.7 Å². The molecule has 0 spiro atoms. The van der Waals surface area contributed by atoms with Gasteiger partial charge in [-0.15, -0.1) is 0 Å². The fourth-order valence-corrected chi connectivity index (χ4v) is 4.15. The van der Waals surface area contributed by atoms with E-state index in [0.717, 1.165) is 37.1 Å². The van der Waals surface area contributed by atoms with Crippen molar-refractivity contribution in [1.29, 1.82) is 0 Å². The van der Waals surface area contributed by atoms with Crippen molar-refractivity contribution < 1.29 is 33.5 Å². The molecule has 2 aliphatic heterocycles. The van der Waals surface area contributed by atoms with Crippen LogP contribution in [0.25, 0.3) is 11.4 Å². The van der Waals surface area contributed by atoms with Crippen molar-refractivity contribution in [2.24, 2.45) is 0 Å². The first-order valence-electron chi connectivity index (χ1n) is 11.8. The van der Waals surface area contributed by atoms with E-state index < -0.39 is 11.7 Å². The molecule has 2 fully saturated rings. The molecule has 2 aliphatic rings. The van der Waals surface area contributed by atoms with E-state index in [1.54, 1.807) is 24.3 Å². The number of rotatable bonds is 6. The first-order valence-corrected chi connectivity index (χ1v) is 12.2. The molecule has 3 heterocycles. The normalized spacial score (nSPS) is 16.5. The van der Waals surface area contributed by atoms with Crippen molar-refractivity contribution in [1.82, 2.24) is 20.4 Å². The summed E-state index contributed by atoms with van der Waals surface area (Å²) in [5.41, 5.74) is 0.455. The van der Waals surface area contributed by atoms with Gasteiger partial charge in [-0.05, 0) is 49.1 Å². The van der Waals surface area contributed by atoms with Gasteiger partial charge in [-0.1, -0.05) is 28.9 Å². The molecule has 2 amide bonds. The third kappa shape index (κ3) is 6.55. The summed E-state index contributed by atoms with van der Waals surface area (Å²) in [5, 5.41) is 25.8. The van der Waals surface area contributed by atoms with E-state index >= 15 is 0 Å². The number of fused-ring (bicyclic) bond motifs is 1. The van der Waals surface area contributed by atoms with Crippen LogP contribution in [0, 0.1) is 5.82 Å². The van der Waals surface area contributed by atoms with Crippen molar-refractivity contribution in [3.63, 3.8) is 0 Å². The molecule has 1 unspecified atom stereocenters. The molecule has 1 aromatic heterocycles. The number of phenols is 1. The van der Waals surface area contributed by atoms with Gasteiger partial charge in [0.2, 0.25) is 11.7 Å². The van der Waals surface area contributed by atoms with Crippen molar-refractivity contribution >= 4 is 23.6 Å². The zero-order valence-corrected chi connectivity index (χ0v) is 20.6. The summed E-state index contributed by atoms with van der Waals surface area (Å²) in [7, 11) is 0. The molecule has 3 N–H and O–H groups in total. The Hall–Kier alpha value is -3.70. The van der Waals surface area contributed by atoms with Gasteiger partial charge >= 0.3 is 6.09 Å². The van der Waals surface area contributed by atoms with Gasteiger partial charge in [-0.3, -0.25) is 4.79 Å². The topological polar surface area (TPSA) is 138 Å². The Bertz CT molecular complexity index is 1250. The Morgan fingerprint density at radius 3 is 2.76 bits per heavy atom. The minimum atomic E-state index is -0.843. The molecule has 0 saturated carbocycles. The number of nitrogens with zero attached hydrogens (tertiary/aromatic N) is 3. The molecular formula is C25H26ClFN4O6. The summed E-state index contributed by atoms with van der Waals surface area (Å²) in [5.74, 6) is -1.78. The number of benzene rings is 2. The van der Waals surface area contributed by atoms with E-state index in [2.05, 4.69) is 15.5 Å². The van der Waals surface area contributed by atoms with Crippen LogP contribution in [-0.2, 0) is 17.7 Å². The molecule has 12 heteroatoms. The Labute approximate surface area is 217 Å². The number of aromatic hydroxyl groups is 1. The molecule has 196 valence electrons. The van der Waals surface area contributed by atoms with E-state index in [9.17, 15) is 19.1 Å². The fourth-order valence-electron chi connectivity index (χ4n) is 4.02. The molecule has 10 nitrogen and oxygen atoms in total. The highest BCUT2D eigenvalue weighted by Gasteiger charge is 2.34. The Morgan fingerprint density at radius 2 is 2.03 bits per heavy atom. The van der Waals surface area contributed by atoms with Crippen molar-refractivity contribution in [2.75, 3.05) is 19.8 Å². The average molecular weight is 533 g/mol. The second-order valence-electron chi connectivity index (χ2n) is 8.56. The zero-order valence-electron chi connectivity index (χ0n) is 19.8. The molecular weight excluding hydrogens is 507 g/mol. The number of halogens is 2. The van der Waals surface area contributed by atoms with Gasteiger partial charge < -0.3 is 29.7 Å². The summed E-state index contributed by atoms with van der Waals surface area (Å²) < 4.78 is 24.2. The Kier molecular flexibility index (Phi) is 8.57. The number of ether oxygens (including phenoxy) is 1. The number of hydrogen-bond donors (Lipinski definition) is 3. The highest BCUT2D eigenvalue weighted by Crippen LogP contribution is 2.30. The van der Waals surface area contributed by atoms with Crippen LogP contribution in [0.5, 0.6) is 5.75 Å². The van der Waals surface area contributed by atoms with E-state index in [1.807, 2.05) is 4.90 Å². The third-order valence-electron chi connectivity index (χ3n) is 5.99. The maximum atomic E-state index is 14.4. The lowest BCUT2D eigenvalue weighted by Gasteiger charge is -2.25. The van der Waals surface area contributed by atoms with Crippen LogP contribution in [0.4, 0.5) is 9.18 Å². The van der Waals surface area contributed by atoms with Crippen molar-refractivity contribution in [3.8, 4) is 17.1 Å². The molecule has 0 aliphatic carbocycles. The fraction of sp³-hybridized carbons (Fsp3) is 0.360. The predicted molar refractivity (Wildman–Crippen MR) is 130 cm³/mol. The summed E-state index contributed by atoms with van der Waals surface area (Å²) in [6.07, 6.45) is 3.56. The lowest BCUT2D eigenvalue weighted by atomic mass is 10.0. The van der Waals surface area contributed by atoms with Crippen LogP contribution in [-0.4, -0.2) is 63.1 Å². The number of carbonyl (C=O) groups excluding carboxylic acids is 2. The molecule has 37 heavy (non-hydrogen) atoms. The molecule has 0 bridgehead atoms. The van der Waals surface area contributed by atoms with Crippen LogP contribution in [0.2, 0.25) is 5.02 Å². The number of hydrogen-bond acceptors (Lipinski definition) is 8. The number of aliphatic hydroxyl groups excluding tert-OH is 1. The zero-order chi connectivity index (χ0) is 26.4. The quantitative estimate of drug-likeness (QED) is 0.437. The number of aliphatic hydroxyl groups is 1. The Balaban J connectivity index is 0.000000265. The monoisotopic (exact) mass is 532 g/mol. The molecule has 2 saturated heterocycles. The van der Waals surface area contributed by atoms with Crippen LogP contribution < -0.4 is 5.32 Å². The highest BCUT2D eigenvalue weighted by molar-refractivity contribution is 6.30. The SMILES string of the molecule is O=C(NCc1ccc(Cl)cc1)c1cc(O)c(-c2noc(CCO)n2)cc1F.O=C1OCC2CCCCN12. The summed E-state index contributed by atoms with van der Waals surface area (Å²) in [4.78, 5) is 28.9. The van der Waals surface area contributed by atoms with E-state index in [1.165, 1.54) is 6.42 Å². The highest BCUT2D eigenvalue weighted by atomic mass is 35.5. The molecule has 5 rings (SSSR count). The van der Waals surface area contributed by atoms with Gasteiger partial charge in [-0.25, -0.2) is 9.18 Å². The number of aromatic nitrogens is 2. The largest absolute Gasteiger partial charge is 0.507 e. The minimum absolute atomic E-state index is 0.0188. The summed E-state index contributed by atoms with van der Waals surface area (Å²) in [6.45, 7) is 1.52. The maximum Gasteiger partial charge on any atom is 0.410 e. The minimum Gasteiger partial charge on any atom is -0.507 e. The van der Waals surface area contributed by atoms with Gasteiger partial charge in [0.05, 0.1) is 30.2 Å². The van der Waals surface area contributed by atoms with Crippen molar-refractivity contribution in [3.05, 3.63) is 64.3 Å². The third-order valence-corrected chi connectivity index (χ3v) is 6.24. The van der Waals surface area contributed by atoms with Crippen LogP contribution in [0.1, 0.15) is 41.1 Å². The summed E-state index contributed by atoms with van der Waals surface area (Å²) in [6, 6.07) is 9.20.